The van der Waals surface area contributed by atoms with E-state index in [9.17, 15) is 4.39 Å². The van der Waals surface area contributed by atoms with Crippen molar-refractivity contribution in [1.29, 1.82) is 0 Å². The number of halogens is 2. The highest BCUT2D eigenvalue weighted by atomic mass is 35.5. The van der Waals surface area contributed by atoms with Crippen molar-refractivity contribution in [3.8, 4) is 11.8 Å². The lowest BCUT2D eigenvalue weighted by atomic mass is 10.1. The number of anilines is 2. The summed E-state index contributed by atoms with van der Waals surface area (Å²) in [6.07, 6.45) is 4.33. The molecule has 26 heavy (non-hydrogen) atoms. The first kappa shape index (κ1) is 16.9. The summed E-state index contributed by atoms with van der Waals surface area (Å²) in [5, 5.41) is 3.90. The van der Waals surface area contributed by atoms with E-state index in [0.29, 0.717) is 16.5 Å². The van der Waals surface area contributed by atoms with Crippen LogP contribution in [0.3, 0.4) is 0 Å². The lowest BCUT2D eigenvalue weighted by Crippen LogP contribution is -2.00. The van der Waals surface area contributed by atoms with E-state index in [2.05, 4.69) is 20.3 Å². The Morgan fingerprint density at radius 1 is 1.27 bits per heavy atom. The average Bonchev–Trinajstić information content (AvgIpc) is 3.15. The number of allylic oxidation sites excluding steroid dienone is 1. The number of nitrogens with one attached hydrogen (secondary N) is 1. The Balaban J connectivity index is 1.62. The molecular weight excluding hydrogens is 375 g/mol. The van der Waals surface area contributed by atoms with E-state index in [4.69, 9.17) is 16.3 Å². The molecule has 0 aliphatic heterocycles. The number of thiazole rings is 1. The highest BCUT2D eigenvalue weighted by Gasteiger charge is 2.19. The summed E-state index contributed by atoms with van der Waals surface area (Å²) in [6.45, 7) is 3.93. The number of aryl methyl sites for hydroxylation is 1. The van der Waals surface area contributed by atoms with Crippen LogP contribution in [0.25, 0.3) is 6.08 Å². The molecule has 0 saturated heterocycles. The van der Waals surface area contributed by atoms with Gasteiger partial charge in [-0.1, -0.05) is 29.3 Å². The number of hydrogen-bond acceptors (Lipinski definition) is 6. The normalized spacial score (nSPS) is 12.7. The minimum Gasteiger partial charge on any atom is -0.421 e. The number of fused-ring (bicyclic) bond motifs is 1. The van der Waals surface area contributed by atoms with Crippen LogP contribution in [-0.2, 0) is 6.42 Å². The quantitative estimate of drug-likeness (QED) is 0.595. The van der Waals surface area contributed by atoms with Gasteiger partial charge in [0.05, 0.1) is 0 Å². The summed E-state index contributed by atoms with van der Waals surface area (Å²) in [6, 6.07) is 4.95. The number of ether oxygens (including phenoxy) is 1. The predicted octanol–water partition coefficient (Wildman–Crippen LogP) is 5.53. The molecule has 0 fully saturated rings. The topological polar surface area (TPSA) is 59.9 Å². The van der Waals surface area contributed by atoms with Crippen LogP contribution in [-0.4, -0.2) is 15.0 Å². The molecule has 0 bridgehead atoms. The van der Waals surface area contributed by atoms with Gasteiger partial charge in [-0.3, -0.25) is 0 Å². The van der Waals surface area contributed by atoms with Gasteiger partial charge in [-0.2, -0.15) is 9.97 Å². The summed E-state index contributed by atoms with van der Waals surface area (Å²) >= 11 is 7.53. The number of rotatable bonds is 4. The van der Waals surface area contributed by atoms with E-state index in [1.54, 1.807) is 18.3 Å². The second kappa shape index (κ2) is 6.66. The molecule has 132 valence electrons. The monoisotopic (exact) mass is 388 g/mol. The lowest BCUT2D eigenvalue weighted by molar-refractivity contribution is 0.411. The maximum absolute atomic E-state index is 14.7. The molecule has 1 aromatic carbocycles. The van der Waals surface area contributed by atoms with Crippen molar-refractivity contribution in [2.75, 3.05) is 5.32 Å². The fraction of sp³-hybridized carbons (Fsp3) is 0.167. The lowest BCUT2D eigenvalue weighted by Gasteiger charge is -2.09. The van der Waals surface area contributed by atoms with E-state index in [1.807, 2.05) is 26.0 Å². The highest BCUT2D eigenvalue weighted by molar-refractivity contribution is 7.15. The van der Waals surface area contributed by atoms with Crippen molar-refractivity contribution in [2.24, 2.45) is 0 Å². The Bertz CT molecular complexity index is 1030. The van der Waals surface area contributed by atoms with Crippen LogP contribution in [0.15, 0.2) is 30.0 Å². The minimum atomic E-state index is -0.423. The smallest absolute Gasteiger partial charge is 0.325 e. The van der Waals surface area contributed by atoms with Gasteiger partial charge < -0.3 is 10.1 Å². The van der Waals surface area contributed by atoms with E-state index in [-0.39, 0.29) is 16.9 Å². The summed E-state index contributed by atoms with van der Waals surface area (Å²) in [5.74, 6) is 0.0626. The van der Waals surface area contributed by atoms with Gasteiger partial charge in [0.25, 0.3) is 0 Å². The van der Waals surface area contributed by atoms with Crippen LogP contribution < -0.4 is 10.1 Å². The van der Waals surface area contributed by atoms with Gasteiger partial charge in [0.15, 0.2) is 16.7 Å². The van der Waals surface area contributed by atoms with Gasteiger partial charge in [-0.25, -0.2) is 9.37 Å². The second-order valence-corrected chi connectivity index (χ2v) is 7.60. The van der Waals surface area contributed by atoms with Gasteiger partial charge >= 0.3 is 6.01 Å². The van der Waals surface area contributed by atoms with E-state index in [0.717, 1.165) is 22.4 Å². The Labute approximate surface area is 158 Å². The number of nitrogens with zero attached hydrogens (tertiary/aromatic N) is 3. The van der Waals surface area contributed by atoms with Crippen molar-refractivity contribution < 1.29 is 9.13 Å². The average molecular weight is 389 g/mol. The van der Waals surface area contributed by atoms with Crippen molar-refractivity contribution >= 4 is 40.0 Å². The Morgan fingerprint density at radius 3 is 2.88 bits per heavy atom. The minimum absolute atomic E-state index is 0.0363. The molecule has 1 N–H and O–H groups in total. The van der Waals surface area contributed by atoms with E-state index < -0.39 is 5.82 Å². The predicted molar refractivity (Wildman–Crippen MR) is 101 cm³/mol. The zero-order valence-corrected chi connectivity index (χ0v) is 15.6. The number of hydrogen-bond donors (Lipinski definition) is 1. The fourth-order valence-corrected chi connectivity index (χ4v) is 3.57. The summed E-state index contributed by atoms with van der Waals surface area (Å²) in [4.78, 5) is 13.5. The molecule has 0 saturated carbocycles. The van der Waals surface area contributed by atoms with Crippen molar-refractivity contribution in [2.45, 2.75) is 20.3 Å². The molecule has 0 amide bonds. The fourth-order valence-electron chi connectivity index (χ4n) is 2.73. The first-order valence-electron chi connectivity index (χ1n) is 7.88. The second-order valence-electron chi connectivity index (χ2n) is 5.98. The number of aromatic nitrogens is 3. The summed E-state index contributed by atoms with van der Waals surface area (Å²) < 4.78 is 20.3. The Kier molecular flexibility index (Phi) is 4.34. The van der Waals surface area contributed by atoms with Crippen LogP contribution in [0.2, 0.25) is 5.15 Å². The van der Waals surface area contributed by atoms with Crippen molar-refractivity contribution in [1.82, 2.24) is 15.0 Å². The van der Waals surface area contributed by atoms with E-state index >= 15 is 0 Å². The molecule has 0 radical (unpaired) electrons. The molecule has 0 atom stereocenters. The molecule has 1 aliphatic carbocycles. The van der Waals surface area contributed by atoms with Crippen LogP contribution in [0.4, 0.5) is 15.3 Å². The molecule has 4 rings (SSSR count). The Hall–Kier alpha value is -2.51. The highest BCUT2D eigenvalue weighted by Crippen LogP contribution is 2.34. The third kappa shape index (κ3) is 3.40. The third-order valence-corrected chi connectivity index (χ3v) is 4.85. The SMILES string of the molecule is CC1=Cc2c(ccc(Oc3nc(Cl)cc(Nc4ncc(C)s4)n3)c2F)C1. The van der Waals surface area contributed by atoms with Crippen LogP contribution in [0.5, 0.6) is 11.8 Å². The molecule has 8 heteroatoms. The molecule has 2 aromatic heterocycles. The molecule has 0 unspecified atom stereocenters. The van der Waals surface area contributed by atoms with Crippen LogP contribution >= 0.6 is 22.9 Å². The molecule has 2 heterocycles. The van der Waals surface area contributed by atoms with Gasteiger partial charge in [-0.15, -0.1) is 11.3 Å². The van der Waals surface area contributed by atoms with Gasteiger partial charge in [0.1, 0.15) is 11.0 Å². The third-order valence-electron chi connectivity index (χ3n) is 3.83. The number of benzene rings is 1. The first-order valence-corrected chi connectivity index (χ1v) is 9.08. The van der Waals surface area contributed by atoms with Crippen LogP contribution in [0.1, 0.15) is 22.9 Å². The molecule has 5 nitrogen and oxygen atoms in total. The molecular formula is C18H14ClFN4OS. The molecule has 0 spiro atoms. The van der Waals surface area contributed by atoms with E-state index in [1.165, 1.54) is 11.3 Å². The maximum Gasteiger partial charge on any atom is 0.325 e. The van der Waals surface area contributed by atoms with Crippen molar-refractivity contribution in [3.05, 3.63) is 56.9 Å². The van der Waals surface area contributed by atoms with Gasteiger partial charge in [0, 0.05) is 22.7 Å². The summed E-state index contributed by atoms with van der Waals surface area (Å²) in [5.41, 5.74) is 2.61. The first-order chi connectivity index (χ1) is 12.5. The molecule has 1 aliphatic rings. The van der Waals surface area contributed by atoms with Gasteiger partial charge in [-0.05, 0) is 31.9 Å². The summed E-state index contributed by atoms with van der Waals surface area (Å²) in [7, 11) is 0. The zero-order valence-electron chi connectivity index (χ0n) is 14.0. The molecule has 3 aromatic rings. The van der Waals surface area contributed by atoms with Gasteiger partial charge in [0.2, 0.25) is 0 Å². The standard InChI is InChI=1S/C18H14ClFN4OS/c1-9-5-11-3-4-13(16(20)12(11)6-9)25-17-22-14(19)7-15(23-17)24-18-21-8-10(2)26-18/h3-4,6-8H,5H2,1-2H3,(H,21,22,23,24). The zero-order chi connectivity index (χ0) is 18.3. The maximum atomic E-state index is 14.7. The Morgan fingerprint density at radius 2 is 2.12 bits per heavy atom. The largest absolute Gasteiger partial charge is 0.421 e. The van der Waals surface area contributed by atoms with Crippen molar-refractivity contribution in [3.63, 3.8) is 0 Å². The van der Waals surface area contributed by atoms with Crippen LogP contribution in [0, 0.1) is 12.7 Å².